The number of piperidine rings is 1. The first kappa shape index (κ1) is 21.1. The fraction of sp³-hybridized carbons (Fsp3) is 0.619. The van der Waals surface area contributed by atoms with Crippen molar-refractivity contribution < 1.29 is 27.9 Å². The lowest BCUT2D eigenvalue weighted by Crippen LogP contribution is -2.53. The number of hydrogen-bond donors (Lipinski definition) is 3. The Kier molecular flexibility index (Phi) is 5.52. The topological polar surface area (TPSA) is 95.7 Å². The van der Waals surface area contributed by atoms with Crippen LogP contribution in [0.1, 0.15) is 44.1 Å². The Morgan fingerprint density at radius 1 is 1.13 bits per heavy atom. The zero-order valence-electron chi connectivity index (χ0n) is 16.5. The summed E-state index contributed by atoms with van der Waals surface area (Å²) in [6.45, 7) is -0.148. The molecule has 1 saturated carbocycles. The maximum atomic E-state index is 14.0. The molecule has 4 N–H and O–H groups in total. The lowest BCUT2D eigenvalue weighted by molar-refractivity contribution is -0.139. The van der Waals surface area contributed by atoms with E-state index in [9.17, 15) is 27.9 Å². The second-order valence-electron chi connectivity index (χ2n) is 8.86. The molecule has 2 saturated heterocycles. The third-order valence-corrected chi connectivity index (χ3v) is 6.75. The molecule has 0 aromatic heterocycles. The number of fused-ring (bicyclic) bond motifs is 2. The van der Waals surface area contributed by atoms with Gasteiger partial charge in [0.2, 0.25) is 5.91 Å². The van der Waals surface area contributed by atoms with Crippen LogP contribution in [0.15, 0.2) is 12.1 Å². The third kappa shape index (κ3) is 4.05. The van der Waals surface area contributed by atoms with E-state index in [1.165, 1.54) is 0 Å². The molecule has 4 atom stereocenters. The summed E-state index contributed by atoms with van der Waals surface area (Å²) < 4.78 is 40.6. The number of benzene rings is 1. The molecular formula is C21H26F3N3O3. The van der Waals surface area contributed by atoms with Crippen molar-refractivity contribution in [3.05, 3.63) is 35.1 Å². The van der Waals surface area contributed by atoms with Crippen molar-refractivity contribution >= 4 is 11.8 Å². The molecule has 0 radical (unpaired) electrons. The minimum atomic E-state index is -1.31. The Balaban J connectivity index is 1.34. The van der Waals surface area contributed by atoms with E-state index in [2.05, 4.69) is 5.32 Å². The van der Waals surface area contributed by atoms with Crippen molar-refractivity contribution in [2.45, 2.75) is 68.7 Å². The Hall–Kier alpha value is -2.13. The normalized spacial score (nSPS) is 27.6. The Labute approximate surface area is 172 Å². The predicted octanol–water partition coefficient (Wildman–Crippen LogP) is 1.38. The molecule has 4 rings (SSSR count). The van der Waals surface area contributed by atoms with Gasteiger partial charge in [-0.3, -0.25) is 9.59 Å². The molecule has 9 heteroatoms. The number of amides is 2. The maximum Gasteiger partial charge on any atom is 0.252 e. The summed E-state index contributed by atoms with van der Waals surface area (Å²) in [7, 11) is 0. The predicted molar refractivity (Wildman–Crippen MR) is 102 cm³/mol. The number of halogens is 3. The number of carbonyl (C=O) groups excluding carboxylic acids is 2. The SMILES string of the molecule is NC(Cc1cc(F)c(F)cc1F)C1CC2CC[C@@H](C1)N2C(=O)CNC(=O)C1(O)CC1. The molecule has 1 aromatic carbocycles. The highest BCUT2D eigenvalue weighted by atomic mass is 19.2. The van der Waals surface area contributed by atoms with Crippen molar-refractivity contribution in [3.63, 3.8) is 0 Å². The summed E-state index contributed by atoms with van der Waals surface area (Å²) in [4.78, 5) is 26.3. The van der Waals surface area contributed by atoms with Gasteiger partial charge in [-0.1, -0.05) is 0 Å². The van der Waals surface area contributed by atoms with E-state index in [-0.39, 0.29) is 42.4 Å². The first-order chi connectivity index (χ1) is 14.2. The van der Waals surface area contributed by atoms with Gasteiger partial charge in [0.15, 0.2) is 11.6 Å². The molecule has 1 aromatic rings. The fourth-order valence-electron chi connectivity index (χ4n) is 4.87. The molecule has 30 heavy (non-hydrogen) atoms. The van der Waals surface area contributed by atoms with Gasteiger partial charge in [0, 0.05) is 24.2 Å². The second-order valence-corrected chi connectivity index (χ2v) is 8.86. The molecule has 6 nitrogen and oxygen atoms in total. The number of nitrogens with one attached hydrogen (secondary N) is 1. The van der Waals surface area contributed by atoms with Crippen LogP contribution in [0.2, 0.25) is 0 Å². The molecule has 0 spiro atoms. The highest BCUT2D eigenvalue weighted by molar-refractivity contribution is 5.91. The summed E-state index contributed by atoms with van der Waals surface area (Å²) in [5, 5.41) is 12.3. The first-order valence-electron chi connectivity index (χ1n) is 10.4. The van der Waals surface area contributed by atoms with Crippen molar-refractivity contribution in [1.82, 2.24) is 10.2 Å². The van der Waals surface area contributed by atoms with Gasteiger partial charge in [0.1, 0.15) is 11.4 Å². The van der Waals surface area contributed by atoms with Crippen molar-refractivity contribution in [2.75, 3.05) is 6.54 Å². The molecule has 164 valence electrons. The minimum absolute atomic E-state index is 0.0111. The highest BCUT2D eigenvalue weighted by Crippen LogP contribution is 2.40. The Morgan fingerprint density at radius 3 is 2.33 bits per heavy atom. The standard InChI is InChI=1S/C21H26F3N3O3/c22-15-9-17(24)16(23)7-11(15)8-18(25)12-5-13-1-2-14(6-12)27(13)19(28)10-26-20(29)21(30)3-4-21/h7,9,12-14,18,30H,1-6,8,10,25H2,(H,26,29)/t12?,13-,14?,18?/m0/s1. The zero-order chi connectivity index (χ0) is 21.6. The van der Waals surface area contributed by atoms with E-state index in [0.717, 1.165) is 18.9 Å². The smallest absolute Gasteiger partial charge is 0.252 e. The van der Waals surface area contributed by atoms with Crippen LogP contribution in [0.4, 0.5) is 13.2 Å². The fourth-order valence-corrected chi connectivity index (χ4v) is 4.87. The second kappa shape index (κ2) is 7.85. The minimum Gasteiger partial charge on any atom is -0.380 e. The van der Waals surface area contributed by atoms with E-state index >= 15 is 0 Å². The molecule has 2 bridgehead atoms. The van der Waals surface area contributed by atoms with Crippen LogP contribution in [0, 0.1) is 23.4 Å². The number of rotatable bonds is 6. The Bertz CT molecular complexity index is 847. The van der Waals surface area contributed by atoms with E-state index in [0.29, 0.717) is 31.7 Å². The number of nitrogens with two attached hydrogens (primary N) is 1. The number of hydrogen-bond acceptors (Lipinski definition) is 4. The van der Waals surface area contributed by atoms with Gasteiger partial charge in [0.05, 0.1) is 6.54 Å². The van der Waals surface area contributed by atoms with Crippen LogP contribution in [0.5, 0.6) is 0 Å². The van der Waals surface area contributed by atoms with Crippen molar-refractivity contribution in [3.8, 4) is 0 Å². The summed E-state index contributed by atoms with van der Waals surface area (Å²) in [6, 6.07) is 0.933. The molecule has 1 aliphatic carbocycles. The highest BCUT2D eigenvalue weighted by Gasteiger charge is 2.49. The molecule has 3 aliphatic rings. The van der Waals surface area contributed by atoms with Crippen LogP contribution in [-0.4, -0.2) is 52.1 Å². The zero-order valence-corrected chi connectivity index (χ0v) is 16.5. The molecule has 3 unspecified atom stereocenters. The Morgan fingerprint density at radius 2 is 1.73 bits per heavy atom. The lowest BCUT2D eigenvalue weighted by atomic mass is 9.82. The molecule has 2 aliphatic heterocycles. The monoisotopic (exact) mass is 425 g/mol. The van der Waals surface area contributed by atoms with Crippen LogP contribution in [-0.2, 0) is 16.0 Å². The van der Waals surface area contributed by atoms with E-state index in [1.807, 2.05) is 0 Å². The maximum absolute atomic E-state index is 14.0. The van der Waals surface area contributed by atoms with Gasteiger partial charge in [-0.15, -0.1) is 0 Å². The summed E-state index contributed by atoms with van der Waals surface area (Å²) >= 11 is 0. The molecule has 2 amide bonds. The number of nitrogens with zero attached hydrogens (tertiary/aromatic N) is 1. The molecular weight excluding hydrogens is 399 g/mol. The third-order valence-electron chi connectivity index (χ3n) is 6.75. The van der Waals surface area contributed by atoms with Gasteiger partial charge in [0.25, 0.3) is 5.91 Å². The average molecular weight is 425 g/mol. The number of carbonyl (C=O) groups is 2. The van der Waals surface area contributed by atoms with E-state index < -0.39 is 35.0 Å². The quantitative estimate of drug-likeness (QED) is 0.600. The van der Waals surface area contributed by atoms with Crippen molar-refractivity contribution in [1.29, 1.82) is 0 Å². The van der Waals surface area contributed by atoms with Gasteiger partial charge in [-0.05, 0) is 62.5 Å². The van der Waals surface area contributed by atoms with Gasteiger partial charge in [-0.25, -0.2) is 13.2 Å². The van der Waals surface area contributed by atoms with Crippen LogP contribution >= 0.6 is 0 Å². The van der Waals surface area contributed by atoms with Gasteiger partial charge < -0.3 is 21.1 Å². The van der Waals surface area contributed by atoms with Crippen molar-refractivity contribution in [2.24, 2.45) is 11.7 Å². The number of aliphatic hydroxyl groups is 1. The van der Waals surface area contributed by atoms with E-state index in [1.54, 1.807) is 4.90 Å². The largest absolute Gasteiger partial charge is 0.380 e. The first-order valence-corrected chi connectivity index (χ1v) is 10.4. The van der Waals surface area contributed by atoms with Crippen LogP contribution < -0.4 is 11.1 Å². The average Bonchev–Trinajstić information content (AvgIpc) is 3.40. The van der Waals surface area contributed by atoms with Gasteiger partial charge in [-0.2, -0.15) is 0 Å². The summed E-state index contributed by atoms with van der Waals surface area (Å²) in [5.41, 5.74) is 5.03. The van der Waals surface area contributed by atoms with Crippen LogP contribution in [0.3, 0.4) is 0 Å². The summed E-state index contributed by atoms with van der Waals surface area (Å²) in [5.74, 6) is -3.80. The van der Waals surface area contributed by atoms with E-state index in [4.69, 9.17) is 5.73 Å². The summed E-state index contributed by atoms with van der Waals surface area (Å²) in [6.07, 6.45) is 3.88. The lowest BCUT2D eigenvalue weighted by Gasteiger charge is -2.41. The van der Waals surface area contributed by atoms with Gasteiger partial charge >= 0.3 is 0 Å². The molecule has 2 heterocycles. The molecule has 3 fully saturated rings. The van der Waals surface area contributed by atoms with Crippen LogP contribution in [0.25, 0.3) is 0 Å².